The van der Waals surface area contributed by atoms with Gasteiger partial charge in [0.1, 0.15) is 11.5 Å². The number of phenolic OH excluding ortho intramolecular Hbond substituents is 2. The number of esters is 2. The van der Waals surface area contributed by atoms with Crippen molar-refractivity contribution in [3.63, 3.8) is 0 Å². The van der Waals surface area contributed by atoms with Gasteiger partial charge in [-0.1, -0.05) is 36.4 Å². The molecule has 0 fully saturated rings. The Bertz CT molecular complexity index is 741. The molecule has 0 amide bonds. The molecule has 0 unspecified atom stereocenters. The Morgan fingerprint density at radius 2 is 0.880 bits per heavy atom. The van der Waals surface area contributed by atoms with Crippen LogP contribution in [0.2, 0.25) is 0 Å². The fourth-order valence-corrected chi connectivity index (χ4v) is 1.80. The smallest absolute Gasteiger partial charge is 0.346 e. The Balaban J connectivity index is 0.000000236. The molecule has 0 aliphatic rings. The molecule has 0 saturated heterocycles. The SMILES string of the molecule is O=C(OC(=O)c1ccccc1)c1ccccc1.Oc1ccc(O)cc1. The number of carbonyl (C=O) groups excluding carboxylic acids is 2. The number of aromatic hydroxyl groups is 2. The first-order chi connectivity index (χ1) is 12.1. The third kappa shape index (κ3) is 5.84. The van der Waals surface area contributed by atoms with Crippen molar-refractivity contribution >= 4 is 11.9 Å². The molecule has 25 heavy (non-hydrogen) atoms. The molecule has 5 heteroatoms. The molecule has 0 atom stereocenters. The van der Waals surface area contributed by atoms with E-state index in [9.17, 15) is 9.59 Å². The molecular formula is C20H16O5. The van der Waals surface area contributed by atoms with E-state index in [0.29, 0.717) is 11.1 Å². The van der Waals surface area contributed by atoms with E-state index < -0.39 is 11.9 Å². The summed E-state index contributed by atoms with van der Waals surface area (Å²) in [5.41, 5.74) is 0.716. The van der Waals surface area contributed by atoms with Crippen LogP contribution < -0.4 is 0 Å². The zero-order valence-electron chi connectivity index (χ0n) is 13.2. The lowest BCUT2D eigenvalue weighted by atomic mass is 10.2. The third-order valence-corrected chi connectivity index (χ3v) is 3.05. The van der Waals surface area contributed by atoms with Gasteiger partial charge in [-0.15, -0.1) is 0 Å². The molecule has 3 aromatic carbocycles. The van der Waals surface area contributed by atoms with Crippen LogP contribution in [0.1, 0.15) is 20.7 Å². The molecule has 0 aliphatic heterocycles. The summed E-state index contributed by atoms with van der Waals surface area (Å²) in [6.07, 6.45) is 0. The predicted molar refractivity (Wildman–Crippen MR) is 92.4 cm³/mol. The van der Waals surface area contributed by atoms with E-state index >= 15 is 0 Å². The van der Waals surface area contributed by atoms with Crippen molar-refractivity contribution in [2.24, 2.45) is 0 Å². The summed E-state index contributed by atoms with van der Waals surface area (Å²) in [5, 5.41) is 17.3. The van der Waals surface area contributed by atoms with Crippen LogP contribution in [0.4, 0.5) is 0 Å². The Hall–Kier alpha value is -3.60. The highest BCUT2D eigenvalue weighted by atomic mass is 16.6. The van der Waals surface area contributed by atoms with Crippen LogP contribution in [0.5, 0.6) is 11.5 Å². The van der Waals surface area contributed by atoms with Crippen LogP contribution in [0.25, 0.3) is 0 Å². The van der Waals surface area contributed by atoms with Gasteiger partial charge in [-0.3, -0.25) is 0 Å². The van der Waals surface area contributed by atoms with Gasteiger partial charge in [0.25, 0.3) is 0 Å². The average Bonchev–Trinajstić information content (AvgIpc) is 2.66. The monoisotopic (exact) mass is 336 g/mol. The Morgan fingerprint density at radius 3 is 1.20 bits per heavy atom. The fourth-order valence-electron chi connectivity index (χ4n) is 1.80. The van der Waals surface area contributed by atoms with E-state index in [2.05, 4.69) is 0 Å². The van der Waals surface area contributed by atoms with Crippen LogP contribution >= 0.6 is 0 Å². The van der Waals surface area contributed by atoms with E-state index in [0.717, 1.165) is 0 Å². The highest BCUT2D eigenvalue weighted by molar-refractivity contribution is 6.02. The van der Waals surface area contributed by atoms with Crippen molar-refractivity contribution in [2.45, 2.75) is 0 Å². The number of benzene rings is 3. The van der Waals surface area contributed by atoms with Gasteiger partial charge in [0.2, 0.25) is 0 Å². The molecule has 3 aromatic rings. The van der Waals surface area contributed by atoms with Crippen molar-refractivity contribution in [3.8, 4) is 11.5 Å². The molecule has 2 N–H and O–H groups in total. The molecule has 0 heterocycles. The van der Waals surface area contributed by atoms with Crippen LogP contribution in [-0.2, 0) is 4.74 Å². The second-order valence-electron chi connectivity index (χ2n) is 4.93. The van der Waals surface area contributed by atoms with E-state index in [-0.39, 0.29) is 11.5 Å². The highest BCUT2D eigenvalue weighted by Gasteiger charge is 2.13. The van der Waals surface area contributed by atoms with E-state index in [1.165, 1.54) is 24.3 Å². The van der Waals surface area contributed by atoms with Gasteiger partial charge in [-0.05, 0) is 48.5 Å². The number of phenols is 2. The lowest BCUT2D eigenvalue weighted by molar-refractivity contribution is 0.0398. The van der Waals surface area contributed by atoms with Gasteiger partial charge in [0.05, 0.1) is 11.1 Å². The number of rotatable bonds is 2. The molecule has 0 aromatic heterocycles. The highest BCUT2D eigenvalue weighted by Crippen LogP contribution is 2.13. The van der Waals surface area contributed by atoms with Crippen LogP contribution in [0, 0.1) is 0 Å². The zero-order valence-corrected chi connectivity index (χ0v) is 13.2. The Labute approximate surface area is 144 Å². The second kappa shape index (κ2) is 8.88. The summed E-state index contributed by atoms with van der Waals surface area (Å²) in [6.45, 7) is 0. The normalized spacial score (nSPS) is 9.44. The number of hydrogen-bond acceptors (Lipinski definition) is 5. The van der Waals surface area contributed by atoms with Crippen molar-refractivity contribution in [1.82, 2.24) is 0 Å². The van der Waals surface area contributed by atoms with Crippen LogP contribution in [0.3, 0.4) is 0 Å². The first-order valence-electron chi connectivity index (χ1n) is 7.41. The molecule has 3 rings (SSSR count). The largest absolute Gasteiger partial charge is 0.508 e. The lowest BCUT2D eigenvalue weighted by Crippen LogP contribution is -2.12. The quantitative estimate of drug-likeness (QED) is 0.423. The van der Waals surface area contributed by atoms with Gasteiger partial charge in [0, 0.05) is 0 Å². The average molecular weight is 336 g/mol. The van der Waals surface area contributed by atoms with Gasteiger partial charge in [-0.2, -0.15) is 0 Å². The summed E-state index contributed by atoms with van der Waals surface area (Å²) in [7, 11) is 0. The van der Waals surface area contributed by atoms with Crippen molar-refractivity contribution < 1.29 is 24.5 Å². The van der Waals surface area contributed by atoms with Crippen molar-refractivity contribution in [2.75, 3.05) is 0 Å². The van der Waals surface area contributed by atoms with Gasteiger partial charge >= 0.3 is 11.9 Å². The van der Waals surface area contributed by atoms with Gasteiger partial charge in [0.15, 0.2) is 0 Å². The van der Waals surface area contributed by atoms with E-state index in [1.54, 1.807) is 60.7 Å². The number of hydrogen-bond donors (Lipinski definition) is 2. The Morgan fingerprint density at radius 1 is 0.560 bits per heavy atom. The lowest BCUT2D eigenvalue weighted by Gasteiger charge is -2.02. The second-order valence-corrected chi connectivity index (χ2v) is 4.93. The summed E-state index contributed by atoms with van der Waals surface area (Å²) in [5.74, 6) is -0.940. The topological polar surface area (TPSA) is 83.8 Å². The molecule has 0 spiro atoms. The summed E-state index contributed by atoms with van der Waals surface area (Å²) < 4.78 is 4.74. The van der Waals surface area contributed by atoms with E-state index in [1.807, 2.05) is 0 Å². The van der Waals surface area contributed by atoms with Crippen molar-refractivity contribution in [3.05, 3.63) is 96.1 Å². The van der Waals surface area contributed by atoms with E-state index in [4.69, 9.17) is 14.9 Å². The summed E-state index contributed by atoms with van der Waals surface area (Å²) in [6, 6.07) is 22.5. The molecular weight excluding hydrogens is 320 g/mol. The third-order valence-electron chi connectivity index (χ3n) is 3.05. The van der Waals surface area contributed by atoms with Gasteiger partial charge in [-0.25, -0.2) is 9.59 Å². The molecule has 0 aliphatic carbocycles. The first kappa shape index (κ1) is 17.7. The van der Waals surface area contributed by atoms with Gasteiger partial charge < -0.3 is 14.9 Å². The molecule has 126 valence electrons. The number of carbonyl (C=O) groups is 2. The summed E-state index contributed by atoms with van der Waals surface area (Å²) in [4.78, 5) is 23.2. The Kier molecular flexibility index (Phi) is 6.31. The number of ether oxygens (including phenoxy) is 1. The zero-order chi connectivity index (χ0) is 18.1. The molecule has 0 radical (unpaired) electrons. The molecule has 0 saturated carbocycles. The maximum absolute atomic E-state index is 11.6. The first-order valence-corrected chi connectivity index (χ1v) is 7.41. The minimum Gasteiger partial charge on any atom is -0.508 e. The molecule has 5 nitrogen and oxygen atoms in total. The van der Waals surface area contributed by atoms with Crippen LogP contribution in [0.15, 0.2) is 84.9 Å². The van der Waals surface area contributed by atoms with Crippen LogP contribution in [-0.4, -0.2) is 22.2 Å². The molecule has 0 bridgehead atoms. The standard InChI is InChI=1S/C14H10O3.C6H6O2/c15-13(11-7-3-1-4-8-11)17-14(16)12-9-5-2-6-10-12;7-5-1-2-6(8)4-3-5/h1-10H;1-4,7-8H. The maximum atomic E-state index is 11.6. The maximum Gasteiger partial charge on any atom is 0.346 e. The predicted octanol–water partition coefficient (Wildman–Crippen LogP) is 3.78. The van der Waals surface area contributed by atoms with Crippen molar-refractivity contribution in [1.29, 1.82) is 0 Å². The minimum atomic E-state index is -0.639. The fraction of sp³-hybridized carbons (Fsp3) is 0. The summed E-state index contributed by atoms with van der Waals surface area (Å²) >= 11 is 0. The minimum absolute atomic E-state index is 0.169.